The zero-order valence-electron chi connectivity index (χ0n) is 16.1. The molecule has 152 valence electrons. The Balaban J connectivity index is 2.05. The normalized spacial score (nSPS) is 11.4. The van der Waals surface area contributed by atoms with Gasteiger partial charge in [-0.25, -0.2) is 8.42 Å². The number of para-hydroxylation sites is 1. The molecule has 8 heteroatoms. The first-order valence-corrected chi connectivity index (χ1v) is 10.9. The van der Waals surface area contributed by atoms with E-state index in [1.54, 1.807) is 24.3 Å². The number of hydrogen-bond donors (Lipinski definition) is 0. The number of nitrogens with zero attached hydrogens (tertiary/aromatic N) is 1. The maximum atomic E-state index is 13.3. The van der Waals surface area contributed by atoms with Crippen LogP contribution in [0.1, 0.15) is 21.7 Å². The van der Waals surface area contributed by atoms with Crippen LogP contribution in [0.15, 0.2) is 59.0 Å². The van der Waals surface area contributed by atoms with E-state index in [1.165, 1.54) is 12.0 Å². The molecule has 2 aromatic carbocycles. The molecule has 0 saturated carbocycles. The van der Waals surface area contributed by atoms with Crippen LogP contribution in [0.25, 0.3) is 11.0 Å². The van der Waals surface area contributed by atoms with Gasteiger partial charge in [0.15, 0.2) is 15.6 Å². The van der Waals surface area contributed by atoms with Crippen molar-refractivity contribution in [3.63, 3.8) is 0 Å². The Bertz CT molecular complexity index is 1130. The summed E-state index contributed by atoms with van der Waals surface area (Å²) >= 11 is 0. The predicted molar refractivity (Wildman–Crippen MR) is 108 cm³/mol. The van der Waals surface area contributed by atoms with Gasteiger partial charge >= 0.3 is 5.97 Å². The minimum absolute atomic E-state index is 0.0866. The van der Waals surface area contributed by atoms with Crippen molar-refractivity contribution < 1.29 is 27.2 Å². The van der Waals surface area contributed by atoms with Gasteiger partial charge in [-0.3, -0.25) is 9.59 Å². The lowest BCUT2D eigenvalue weighted by Gasteiger charge is -2.21. The standard InChI is InChI=1S/C21H21NO6S/c1-27-19(23)13-22(12-15-8-4-3-5-9-15)21(24)20-17(14-29(2,25)26)16-10-6-7-11-18(16)28-20/h3-11H,12-14H2,1-2H3. The maximum Gasteiger partial charge on any atom is 0.325 e. The van der Waals surface area contributed by atoms with Gasteiger partial charge in [0, 0.05) is 23.8 Å². The summed E-state index contributed by atoms with van der Waals surface area (Å²) in [5, 5.41) is 0.555. The molecular formula is C21H21NO6S. The fraction of sp³-hybridized carbons (Fsp3) is 0.238. The van der Waals surface area contributed by atoms with Crippen molar-refractivity contribution >= 4 is 32.7 Å². The molecule has 0 fully saturated rings. The average molecular weight is 415 g/mol. The molecule has 0 N–H and O–H groups in total. The zero-order valence-corrected chi connectivity index (χ0v) is 16.9. The molecule has 0 radical (unpaired) electrons. The Morgan fingerprint density at radius 2 is 1.69 bits per heavy atom. The summed E-state index contributed by atoms with van der Waals surface area (Å²) in [6.07, 6.45) is 1.10. The molecule has 29 heavy (non-hydrogen) atoms. The van der Waals surface area contributed by atoms with Crippen LogP contribution >= 0.6 is 0 Å². The highest BCUT2D eigenvalue weighted by molar-refractivity contribution is 7.89. The monoisotopic (exact) mass is 415 g/mol. The molecule has 0 bridgehead atoms. The van der Waals surface area contributed by atoms with Crippen molar-refractivity contribution in [3.05, 3.63) is 71.5 Å². The Labute approximate surface area is 168 Å². The summed E-state index contributed by atoms with van der Waals surface area (Å²) in [5.41, 5.74) is 1.51. The minimum Gasteiger partial charge on any atom is -0.468 e. The first-order valence-electron chi connectivity index (χ1n) is 8.86. The number of methoxy groups -OCH3 is 1. The molecule has 0 atom stereocenters. The molecule has 0 unspecified atom stereocenters. The number of rotatable bonds is 7. The number of ether oxygens (including phenoxy) is 1. The molecule has 0 spiro atoms. The van der Waals surface area contributed by atoms with E-state index in [0.717, 1.165) is 11.8 Å². The topological polar surface area (TPSA) is 93.9 Å². The van der Waals surface area contributed by atoms with Gasteiger partial charge in [-0.15, -0.1) is 0 Å². The minimum atomic E-state index is -3.43. The lowest BCUT2D eigenvalue weighted by atomic mass is 10.1. The molecule has 7 nitrogen and oxygen atoms in total. The highest BCUT2D eigenvalue weighted by atomic mass is 32.2. The lowest BCUT2D eigenvalue weighted by Crippen LogP contribution is -2.36. The van der Waals surface area contributed by atoms with Crippen LogP contribution < -0.4 is 0 Å². The molecule has 3 rings (SSSR count). The second kappa shape index (κ2) is 8.48. The molecule has 3 aromatic rings. The summed E-state index contributed by atoms with van der Waals surface area (Å²) < 4.78 is 34.4. The first-order chi connectivity index (χ1) is 13.8. The van der Waals surface area contributed by atoms with Gasteiger partial charge in [0.05, 0.1) is 12.9 Å². The molecule has 1 heterocycles. The Morgan fingerprint density at radius 1 is 1.03 bits per heavy atom. The first kappa shape index (κ1) is 20.6. The number of fused-ring (bicyclic) bond motifs is 1. The summed E-state index contributed by atoms with van der Waals surface area (Å²) in [6.45, 7) is -0.149. The highest BCUT2D eigenvalue weighted by Gasteiger charge is 2.28. The summed E-state index contributed by atoms with van der Waals surface area (Å²) in [5.74, 6) is -1.59. The van der Waals surface area contributed by atoms with Gasteiger partial charge in [0.2, 0.25) is 0 Å². The highest BCUT2D eigenvalue weighted by Crippen LogP contribution is 2.29. The second-order valence-electron chi connectivity index (χ2n) is 6.70. The van der Waals surface area contributed by atoms with E-state index >= 15 is 0 Å². The second-order valence-corrected chi connectivity index (χ2v) is 8.84. The zero-order chi connectivity index (χ0) is 21.0. The van der Waals surface area contributed by atoms with Crippen LogP contribution in [0.5, 0.6) is 0 Å². The molecular weight excluding hydrogens is 394 g/mol. The summed E-state index contributed by atoms with van der Waals surface area (Å²) in [4.78, 5) is 26.5. The van der Waals surface area contributed by atoms with Crippen LogP contribution in [-0.4, -0.2) is 45.1 Å². The largest absolute Gasteiger partial charge is 0.468 e. The van der Waals surface area contributed by atoms with Gasteiger partial charge in [-0.1, -0.05) is 48.5 Å². The van der Waals surface area contributed by atoms with Crippen LogP contribution in [0.4, 0.5) is 0 Å². The van der Waals surface area contributed by atoms with E-state index in [2.05, 4.69) is 0 Å². The molecule has 0 saturated heterocycles. The number of sulfone groups is 1. The van der Waals surface area contributed by atoms with Crippen molar-refractivity contribution in [2.24, 2.45) is 0 Å². The smallest absolute Gasteiger partial charge is 0.325 e. The molecule has 0 aliphatic rings. The van der Waals surface area contributed by atoms with Crippen LogP contribution in [0, 0.1) is 0 Å². The SMILES string of the molecule is COC(=O)CN(Cc1ccccc1)C(=O)c1oc2ccccc2c1CS(C)(=O)=O. The van der Waals surface area contributed by atoms with Gasteiger partial charge < -0.3 is 14.1 Å². The molecule has 0 aliphatic heterocycles. The molecule has 0 aliphatic carbocycles. The Kier molecular flexibility index (Phi) is 6.03. The van der Waals surface area contributed by atoms with Crippen LogP contribution in [0.2, 0.25) is 0 Å². The van der Waals surface area contributed by atoms with E-state index in [4.69, 9.17) is 9.15 Å². The van der Waals surface area contributed by atoms with E-state index in [9.17, 15) is 18.0 Å². The van der Waals surface area contributed by atoms with Crippen molar-refractivity contribution in [3.8, 4) is 0 Å². The van der Waals surface area contributed by atoms with E-state index in [0.29, 0.717) is 11.0 Å². The number of carbonyl (C=O) groups excluding carboxylic acids is 2. The van der Waals surface area contributed by atoms with Crippen molar-refractivity contribution in [2.45, 2.75) is 12.3 Å². The maximum absolute atomic E-state index is 13.3. The third-order valence-corrected chi connectivity index (χ3v) is 5.16. The summed E-state index contributed by atoms with van der Waals surface area (Å²) in [6, 6.07) is 16.0. The van der Waals surface area contributed by atoms with Gasteiger partial charge in [0.25, 0.3) is 5.91 Å². The Morgan fingerprint density at radius 3 is 2.34 bits per heavy atom. The van der Waals surface area contributed by atoms with E-state index in [-0.39, 0.29) is 30.2 Å². The Hall–Kier alpha value is -3.13. The summed E-state index contributed by atoms with van der Waals surface area (Å²) in [7, 11) is -2.19. The predicted octanol–water partition coefficient (Wildman–Crippen LogP) is 2.79. The number of furan rings is 1. The lowest BCUT2D eigenvalue weighted by molar-refractivity contribution is -0.141. The number of hydrogen-bond acceptors (Lipinski definition) is 6. The van der Waals surface area contributed by atoms with Crippen molar-refractivity contribution in [1.82, 2.24) is 4.90 Å². The van der Waals surface area contributed by atoms with Crippen LogP contribution in [0.3, 0.4) is 0 Å². The third-order valence-electron chi connectivity index (χ3n) is 4.35. The van der Waals surface area contributed by atoms with E-state index < -0.39 is 21.7 Å². The van der Waals surface area contributed by atoms with Gasteiger partial charge in [0.1, 0.15) is 12.1 Å². The number of esters is 1. The fourth-order valence-corrected chi connectivity index (χ4v) is 3.86. The van der Waals surface area contributed by atoms with Crippen molar-refractivity contribution in [2.75, 3.05) is 19.9 Å². The molecule has 1 aromatic heterocycles. The fourth-order valence-electron chi connectivity index (χ4n) is 3.04. The number of benzene rings is 2. The van der Waals surface area contributed by atoms with E-state index in [1.807, 2.05) is 30.3 Å². The van der Waals surface area contributed by atoms with Gasteiger partial charge in [-0.2, -0.15) is 0 Å². The molecule has 1 amide bonds. The number of carbonyl (C=O) groups is 2. The average Bonchev–Trinajstić information content (AvgIpc) is 3.04. The number of amides is 1. The quantitative estimate of drug-likeness (QED) is 0.551. The third kappa shape index (κ3) is 5.03. The van der Waals surface area contributed by atoms with Gasteiger partial charge in [-0.05, 0) is 11.6 Å². The van der Waals surface area contributed by atoms with Crippen LogP contribution in [-0.2, 0) is 31.7 Å². The van der Waals surface area contributed by atoms with Crippen molar-refractivity contribution in [1.29, 1.82) is 0 Å².